The minimum Gasteiger partial charge on any atom is -0.491 e. The molecule has 2 amide bonds. The van der Waals surface area contributed by atoms with Crippen LogP contribution in [0.25, 0.3) is 0 Å². The maximum Gasteiger partial charge on any atom is 0.303 e. The highest BCUT2D eigenvalue weighted by Crippen LogP contribution is 2.42. The Labute approximate surface area is 286 Å². The molecule has 1 aromatic heterocycles. The molecule has 0 bridgehead atoms. The molecule has 3 N–H and O–H groups in total. The van der Waals surface area contributed by atoms with Crippen LogP contribution in [0.15, 0.2) is 18.3 Å². The van der Waals surface area contributed by atoms with E-state index < -0.39 is 24.1 Å². The van der Waals surface area contributed by atoms with Gasteiger partial charge in [0.2, 0.25) is 11.9 Å². The highest BCUT2D eigenvalue weighted by Gasteiger charge is 2.43. The van der Waals surface area contributed by atoms with E-state index in [1.165, 1.54) is 6.92 Å². The van der Waals surface area contributed by atoms with Gasteiger partial charge >= 0.3 is 11.9 Å². The molecule has 4 aliphatic rings. The Morgan fingerprint density at radius 2 is 1.92 bits per heavy atom. The fraction of sp³-hybridized carbons (Fsp3) is 0.600. The molecule has 0 radical (unpaired) electrons. The number of amides is 2. The summed E-state index contributed by atoms with van der Waals surface area (Å²) in [5, 5.41) is 16.1. The number of anilines is 4. The number of rotatable bonds is 10. The first-order valence-corrected chi connectivity index (χ1v) is 17.3. The lowest BCUT2D eigenvalue weighted by atomic mass is 9.77. The van der Waals surface area contributed by atoms with Crippen LogP contribution in [0.3, 0.4) is 0 Å². The number of carboxylic acids is 1. The van der Waals surface area contributed by atoms with Crippen LogP contribution in [-0.4, -0.2) is 102 Å². The van der Waals surface area contributed by atoms with Gasteiger partial charge in [0.25, 0.3) is 5.91 Å². The second kappa shape index (κ2) is 14.2. The number of nitrogens with one attached hydrogen (secondary N) is 2. The van der Waals surface area contributed by atoms with Gasteiger partial charge in [0.1, 0.15) is 23.6 Å². The van der Waals surface area contributed by atoms with E-state index in [0.717, 1.165) is 37.1 Å². The van der Waals surface area contributed by atoms with Gasteiger partial charge in [0.15, 0.2) is 5.82 Å². The number of ether oxygens (including phenoxy) is 2. The van der Waals surface area contributed by atoms with Crippen LogP contribution in [-0.2, 0) is 25.5 Å². The Kier molecular flexibility index (Phi) is 9.96. The molecule has 0 saturated heterocycles. The van der Waals surface area contributed by atoms with Crippen molar-refractivity contribution in [3.05, 3.63) is 29.5 Å². The third-order valence-corrected chi connectivity index (χ3v) is 10.5. The molecule has 0 spiro atoms. The van der Waals surface area contributed by atoms with Crippen molar-refractivity contribution in [3.8, 4) is 5.75 Å². The zero-order valence-corrected chi connectivity index (χ0v) is 28.9. The number of fused-ring (bicyclic) bond motifs is 2. The number of carbonyl (C=O) groups excluding carboxylic acids is 3. The zero-order valence-electron chi connectivity index (χ0n) is 28.9. The molecule has 6 rings (SSSR count). The lowest BCUT2D eigenvalue weighted by Gasteiger charge is -2.43. The molecule has 49 heavy (non-hydrogen) atoms. The van der Waals surface area contributed by atoms with Crippen molar-refractivity contribution in [2.45, 2.75) is 102 Å². The fourth-order valence-corrected chi connectivity index (χ4v) is 8.15. The van der Waals surface area contributed by atoms with Crippen molar-refractivity contribution in [2.75, 3.05) is 42.9 Å². The largest absolute Gasteiger partial charge is 0.491 e. The van der Waals surface area contributed by atoms with Crippen LogP contribution in [0, 0.1) is 5.92 Å². The lowest BCUT2D eigenvalue weighted by molar-refractivity contribution is -0.154. The summed E-state index contributed by atoms with van der Waals surface area (Å²) in [7, 11) is 5.52. The molecule has 1 aromatic carbocycles. The highest BCUT2D eigenvalue weighted by atomic mass is 16.5. The first kappa shape index (κ1) is 34.4. The molecule has 14 nitrogen and oxygen atoms in total. The molecule has 2 aliphatic carbocycles. The maximum absolute atomic E-state index is 13.8. The minimum absolute atomic E-state index is 0.0493. The van der Waals surface area contributed by atoms with Gasteiger partial charge in [-0.1, -0.05) is 19.8 Å². The number of aliphatic carboxylic acids is 1. The normalized spacial score (nSPS) is 25.1. The van der Waals surface area contributed by atoms with Crippen LogP contribution < -0.4 is 25.2 Å². The lowest BCUT2D eigenvalue weighted by Crippen LogP contribution is -2.55. The van der Waals surface area contributed by atoms with Crippen LogP contribution in [0.5, 0.6) is 5.75 Å². The van der Waals surface area contributed by atoms with Gasteiger partial charge in [-0.15, -0.1) is 0 Å². The van der Waals surface area contributed by atoms with Gasteiger partial charge < -0.3 is 39.9 Å². The third kappa shape index (κ3) is 6.87. The van der Waals surface area contributed by atoms with E-state index in [9.17, 15) is 24.3 Å². The van der Waals surface area contributed by atoms with Gasteiger partial charge in [0, 0.05) is 56.1 Å². The summed E-state index contributed by atoms with van der Waals surface area (Å²) in [6.07, 6.45) is 7.31. The fourth-order valence-electron chi connectivity index (χ4n) is 8.15. The second-order valence-electron chi connectivity index (χ2n) is 13.8. The Balaban J connectivity index is 1.25. The molecular weight excluding hydrogens is 630 g/mol. The summed E-state index contributed by atoms with van der Waals surface area (Å²) in [4.78, 5) is 66.1. The molecule has 2 fully saturated rings. The van der Waals surface area contributed by atoms with E-state index in [2.05, 4.69) is 20.5 Å². The Morgan fingerprint density at radius 3 is 2.59 bits per heavy atom. The highest BCUT2D eigenvalue weighted by molar-refractivity contribution is 6.04. The molecule has 3 heterocycles. The summed E-state index contributed by atoms with van der Waals surface area (Å²) in [6, 6.07) is 2.77. The number of likely N-dealkylation sites (N-methyl/N-ethyl adjacent to an activating group) is 2. The quantitative estimate of drug-likeness (QED) is 0.314. The average Bonchev–Trinajstić information content (AvgIpc) is 3.77. The first-order chi connectivity index (χ1) is 23.5. The van der Waals surface area contributed by atoms with Gasteiger partial charge in [-0.25, -0.2) is 4.98 Å². The Bertz CT molecular complexity index is 1610. The predicted octanol–water partition coefficient (Wildman–Crippen LogP) is 3.50. The van der Waals surface area contributed by atoms with Gasteiger partial charge in [0.05, 0.1) is 24.9 Å². The molecule has 2 saturated carbocycles. The number of hydrogen-bond acceptors (Lipinski definition) is 11. The molecule has 2 aliphatic heterocycles. The van der Waals surface area contributed by atoms with E-state index >= 15 is 0 Å². The SMILES string of the molecule is CC[C@@H]1C(=O)N(C)c2cnc(Nc3ccc(C(=O)N[C@H]4C[C@@H](OC(C)=O)[C@H](N(C)C)C[C@@H]4CC(=O)O)c4c3OCC4)nc2N1C1CCCC1. The molecule has 2 aromatic rings. The predicted molar refractivity (Wildman–Crippen MR) is 182 cm³/mol. The number of benzene rings is 1. The van der Waals surface area contributed by atoms with Crippen LogP contribution in [0.4, 0.5) is 23.1 Å². The summed E-state index contributed by atoms with van der Waals surface area (Å²) < 4.78 is 11.7. The van der Waals surface area contributed by atoms with Crippen LogP contribution in [0.1, 0.15) is 81.1 Å². The second-order valence-corrected chi connectivity index (χ2v) is 13.8. The molecular formula is C35H47N7O7. The summed E-state index contributed by atoms with van der Waals surface area (Å²) in [5.41, 5.74) is 2.47. The smallest absolute Gasteiger partial charge is 0.303 e. The summed E-state index contributed by atoms with van der Waals surface area (Å²) in [6.45, 7) is 3.77. The number of aromatic nitrogens is 2. The average molecular weight is 678 g/mol. The minimum atomic E-state index is -0.948. The van der Waals surface area contributed by atoms with Gasteiger partial charge in [-0.3, -0.25) is 19.2 Å². The van der Waals surface area contributed by atoms with Crippen LogP contribution >= 0.6 is 0 Å². The van der Waals surface area contributed by atoms with E-state index in [0.29, 0.717) is 60.9 Å². The van der Waals surface area contributed by atoms with E-state index in [1.54, 1.807) is 30.3 Å². The van der Waals surface area contributed by atoms with Crippen molar-refractivity contribution >= 4 is 46.9 Å². The summed E-state index contributed by atoms with van der Waals surface area (Å²) >= 11 is 0. The molecule has 0 unspecified atom stereocenters. The third-order valence-electron chi connectivity index (χ3n) is 10.5. The topological polar surface area (TPSA) is 167 Å². The number of hydrogen-bond donors (Lipinski definition) is 3. The number of carbonyl (C=O) groups is 4. The monoisotopic (exact) mass is 677 g/mol. The number of carboxylic acid groups (broad SMARTS) is 1. The molecule has 14 heteroatoms. The Hall–Kier alpha value is -4.46. The Morgan fingerprint density at radius 1 is 1.16 bits per heavy atom. The molecule has 5 atom stereocenters. The van der Waals surface area contributed by atoms with Crippen molar-refractivity contribution in [3.63, 3.8) is 0 Å². The van der Waals surface area contributed by atoms with Crippen molar-refractivity contribution in [1.82, 2.24) is 20.2 Å². The van der Waals surface area contributed by atoms with E-state index in [1.807, 2.05) is 25.9 Å². The van der Waals surface area contributed by atoms with Gasteiger partial charge in [-0.2, -0.15) is 4.98 Å². The van der Waals surface area contributed by atoms with Crippen molar-refractivity contribution in [1.29, 1.82) is 0 Å². The molecule has 264 valence electrons. The standard InChI is InChI=1S/C35H47N7O7/c1-6-26-34(47)41(5)28-18-36-35(39-32(28)42(26)21-9-7-8-10-21)38-24-12-11-23(22-13-14-48-31(22)24)33(46)37-25-17-29(49-19(2)43)27(40(3)4)15-20(25)16-30(44)45/h11-12,18,20-21,25-27,29H,6-10,13-17H2,1-5H3,(H,37,46)(H,44,45)(H,36,38,39)/t20-,25+,26-,27-,29-/m1/s1. The van der Waals surface area contributed by atoms with E-state index in [-0.39, 0.29) is 42.3 Å². The number of nitrogens with zero attached hydrogens (tertiary/aromatic N) is 5. The van der Waals surface area contributed by atoms with E-state index in [4.69, 9.17) is 14.5 Å². The number of esters is 1. The van der Waals surface area contributed by atoms with Crippen molar-refractivity contribution in [2.24, 2.45) is 5.92 Å². The van der Waals surface area contributed by atoms with Gasteiger partial charge in [-0.05, 0) is 57.8 Å². The summed E-state index contributed by atoms with van der Waals surface area (Å²) in [5.74, 6) is -0.372. The first-order valence-electron chi connectivity index (χ1n) is 17.3. The van der Waals surface area contributed by atoms with Crippen molar-refractivity contribution < 1.29 is 33.8 Å². The van der Waals surface area contributed by atoms with Crippen LogP contribution in [0.2, 0.25) is 0 Å². The zero-order chi connectivity index (χ0) is 35.0. The maximum atomic E-state index is 13.8.